The molecule has 1 aromatic carbocycles. The average molecular weight is 275 g/mol. The van der Waals surface area contributed by atoms with E-state index in [2.05, 4.69) is 27.9 Å². The summed E-state index contributed by atoms with van der Waals surface area (Å²) in [5, 5.41) is 13.0. The number of nitrogens with one attached hydrogen (secondary N) is 1. The van der Waals surface area contributed by atoms with Gasteiger partial charge in [-0.25, -0.2) is 0 Å². The molecule has 3 heteroatoms. The minimum absolute atomic E-state index is 0.375. The summed E-state index contributed by atoms with van der Waals surface area (Å²) in [6.07, 6.45) is 1.13. The molecule has 0 amide bonds. The Kier molecular flexibility index (Phi) is 2.23. The quantitative estimate of drug-likeness (QED) is 0.769. The van der Waals surface area contributed by atoms with Crippen molar-refractivity contribution < 1.29 is 5.11 Å². The zero-order valence-electron chi connectivity index (χ0n) is 6.55. The van der Waals surface area contributed by atoms with E-state index in [0.717, 1.165) is 22.1 Å². The molecule has 0 aromatic heterocycles. The maximum atomic E-state index is 9.69. The van der Waals surface area contributed by atoms with Gasteiger partial charge in [0, 0.05) is 11.6 Å². The third kappa shape index (κ3) is 1.31. The Balaban J connectivity index is 2.36. The van der Waals surface area contributed by atoms with Crippen LogP contribution >= 0.6 is 22.6 Å². The lowest BCUT2D eigenvalue weighted by Crippen LogP contribution is -2.34. The Morgan fingerprint density at radius 3 is 2.83 bits per heavy atom. The number of aromatic hydroxyl groups is 1. The first-order valence-corrected chi connectivity index (χ1v) is 5.07. The summed E-state index contributed by atoms with van der Waals surface area (Å²) in [4.78, 5) is 0. The van der Waals surface area contributed by atoms with Crippen LogP contribution in [0.5, 0.6) is 5.75 Å². The molecule has 2 nitrogen and oxygen atoms in total. The van der Waals surface area contributed by atoms with Crippen LogP contribution in [0.2, 0.25) is 0 Å². The second-order valence-corrected chi connectivity index (χ2v) is 4.14. The Hall–Kier alpha value is -0.290. The van der Waals surface area contributed by atoms with Crippen LogP contribution in [-0.4, -0.2) is 11.7 Å². The third-order valence-corrected chi connectivity index (χ3v) is 3.09. The monoisotopic (exact) mass is 275 g/mol. The molecule has 0 saturated carbocycles. The first kappa shape index (κ1) is 8.31. The number of benzene rings is 1. The number of halogens is 1. The Morgan fingerprint density at radius 1 is 1.50 bits per heavy atom. The van der Waals surface area contributed by atoms with Gasteiger partial charge < -0.3 is 10.4 Å². The lowest BCUT2D eigenvalue weighted by Gasteiger charge is -2.28. The van der Waals surface area contributed by atoms with Crippen LogP contribution in [0.1, 0.15) is 18.0 Å². The van der Waals surface area contributed by atoms with Crippen LogP contribution in [0.15, 0.2) is 18.2 Å². The Morgan fingerprint density at radius 2 is 2.25 bits per heavy atom. The molecule has 1 aromatic rings. The standard InChI is InChI=1S/C9H10INO/c10-7-3-1-2-6(9(7)12)8-4-5-11-8/h1-3,8,11-12H,4-5H2. The molecule has 1 aliphatic rings. The number of hydrogen-bond acceptors (Lipinski definition) is 2. The van der Waals surface area contributed by atoms with E-state index in [1.165, 1.54) is 0 Å². The van der Waals surface area contributed by atoms with Crippen molar-refractivity contribution in [1.29, 1.82) is 0 Å². The second kappa shape index (κ2) is 3.22. The van der Waals surface area contributed by atoms with Gasteiger partial charge in [0.25, 0.3) is 0 Å². The molecule has 0 spiro atoms. The molecule has 1 unspecified atom stereocenters. The first-order chi connectivity index (χ1) is 5.79. The van der Waals surface area contributed by atoms with Crippen molar-refractivity contribution in [3.8, 4) is 5.75 Å². The highest BCUT2D eigenvalue weighted by Gasteiger charge is 2.21. The van der Waals surface area contributed by atoms with Gasteiger partial charge in [-0.3, -0.25) is 0 Å². The third-order valence-electron chi connectivity index (χ3n) is 2.22. The minimum atomic E-state index is 0.375. The fraction of sp³-hybridized carbons (Fsp3) is 0.333. The van der Waals surface area contributed by atoms with Gasteiger partial charge in [-0.2, -0.15) is 0 Å². The zero-order chi connectivity index (χ0) is 8.55. The van der Waals surface area contributed by atoms with Crippen molar-refractivity contribution >= 4 is 22.6 Å². The van der Waals surface area contributed by atoms with Crippen LogP contribution in [0, 0.1) is 3.57 Å². The molecular weight excluding hydrogens is 265 g/mol. The van der Waals surface area contributed by atoms with E-state index >= 15 is 0 Å². The lowest BCUT2D eigenvalue weighted by molar-refractivity contribution is 0.363. The summed E-state index contributed by atoms with van der Waals surface area (Å²) >= 11 is 2.15. The summed E-state index contributed by atoms with van der Waals surface area (Å²) in [6, 6.07) is 6.25. The molecular formula is C9H10INO. The number of para-hydroxylation sites is 1. The van der Waals surface area contributed by atoms with Gasteiger partial charge in [0.05, 0.1) is 3.57 Å². The van der Waals surface area contributed by atoms with Crippen molar-refractivity contribution in [3.63, 3.8) is 0 Å². The highest BCUT2D eigenvalue weighted by molar-refractivity contribution is 14.1. The SMILES string of the molecule is Oc1c(I)cccc1C1CCN1. The smallest absolute Gasteiger partial charge is 0.133 e. The predicted octanol–water partition coefficient (Wildman–Crippen LogP) is 2.03. The van der Waals surface area contributed by atoms with Crippen molar-refractivity contribution in [3.05, 3.63) is 27.3 Å². The van der Waals surface area contributed by atoms with Gasteiger partial charge in [-0.1, -0.05) is 12.1 Å². The molecule has 0 radical (unpaired) electrons. The zero-order valence-corrected chi connectivity index (χ0v) is 8.71. The summed E-state index contributed by atoms with van der Waals surface area (Å²) in [6.45, 7) is 1.07. The van der Waals surface area contributed by atoms with Gasteiger partial charge in [-0.15, -0.1) is 0 Å². The Labute approximate surface area is 85.1 Å². The molecule has 1 heterocycles. The van der Waals surface area contributed by atoms with Crippen LogP contribution in [-0.2, 0) is 0 Å². The molecule has 0 bridgehead atoms. The van der Waals surface area contributed by atoms with Crippen molar-refractivity contribution in [1.82, 2.24) is 5.32 Å². The van der Waals surface area contributed by atoms with Crippen molar-refractivity contribution in [2.24, 2.45) is 0 Å². The van der Waals surface area contributed by atoms with Gasteiger partial charge in [0.15, 0.2) is 0 Å². The normalized spacial score (nSPS) is 21.9. The second-order valence-electron chi connectivity index (χ2n) is 2.97. The lowest BCUT2D eigenvalue weighted by atomic mass is 9.97. The van der Waals surface area contributed by atoms with E-state index in [0.29, 0.717) is 11.8 Å². The first-order valence-electron chi connectivity index (χ1n) is 4.00. The molecule has 1 fully saturated rings. The maximum Gasteiger partial charge on any atom is 0.133 e. The molecule has 0 aliphatic carbocycles. The maximum absolute atomic E-state index is 9.69. The van der Waals surface area contributed by atoms with Gasteiger partial charge in [-0.05, 0) is 41.6 Å². The summed E-state index contributed by atoms with van der Waals surface area (Å²) in [7, 11) is 0. The number of rotatable bonds is 1. The van der Waals surface area contributed by atoms with Gasteiger partial charge >= 0.3 is 0 Å². The molecule has 2 rings (SSSR count). The summed E-state index contributed by atoms with van der Waals surface area (Å²) < 4.78 is 0.929. The topological polar surface area (TPSA) is 32.3 Å². The molecule has 1 aliphatic heterocycles. The minimum Gasteiger partial charge on any atom is -0.506 e. The van der Waals surface area contributed by atoms with E-state index < -0.39 is 0 Å². The summed E-state index contributed by atoms with van der Waals surface area (Å²) in [5.74, 6) is 0.440. The number of phenols is 1. The van der Waals surface area contributed by atoms with E-state index in [1.54, 1.807) is 0 Å². The van der Waals surface area contributed by atoms with Gasteiger partial charge in [0.2, 0.25) is 0 Å². The molecule has 64 valence electrons. The van der Waals surface area contributed by atoms with Crippen LogP contribution in [0.4, 0.5) is 0 Å². The van der Waals surface area contributed by atoms with E-state index in [1.807, 2.05) is 18.2 Å². The summed E-state index contributed by atoms with van der Waals surface area (Å²) in [5.41, 5.74) is 1.04. The highest BCUT2D eigenvalue weighted by atomic mass is 127. The fourth-order valence-corrected chi connectivity index (χ4v) is 1.89. The van der Waals surface area contributed by atoms with Crippen molar-refractivity contribution in [2.75, 3.05) is 6.54 Å². The molecule has 1 atom stereocenters. The van der Waals surface area contributed by atoms with Crippen LogP contribution in [0.3, 0.4) is 0 Å². The predicted molar refractivity (Wildman–Crippen MR) is 56.2 cm³/mol. The van der Waals surface area contributed by atoms with E-state index in [9.17, 15) is 5.11 Å². The van der Waals surface area contributed by atoms with Crippen LogP contribution in [0.25, 0.3) is 0 Å². The largest absolute Gasteiger partial charge is 0.506 e. The van der Waals surface area contributed by atoms with Crippen molar-refractivity contribution in [2.45, 2.75) is 12.5 Å². The van der Waals surface area contributed by atoms with Crippen LogP contribution < -0.4 is 5.32 Å². The number of phenolic OH excluding ortho intramolecular Hbond substituents is 1. The molecule has 1 saturated heterocycles. The number of hydrogen-bond donors (Lipinski definition) is 2. The average Bonchev–Trinajstić information content (AvgIpc) is 1.95. The Bertz CT molecular complexity index is 297. The molecule has 12 heavy (non-hydrogen) atoms. The highest BCUT2D eigenvalue weighted by Crippen LogP contribution is 2.33. The van der Waals surface area contributed by atoms with Gasteiger partial charge in [0.1, 0.15) is 5.75 Å². The molecule has 2 N–H and O–H groups in total. The fourth-order valence-electron chi connectivity index (χ4n) is 1.37. The van der Waals surface area contributed by atoms with E-state index in [4.69, 9.17) is 0 Å². The van der Waals surface area contributed by atoms with E-state index in [-0.39, 0.29) is 0 Å².